The van der Waals surface area contributed by atoms with E-state index in [-0.39, 0.29) is 0 Å². The predicted octanol–water partition coefficient (Wildman–Crippen LogP) is 10.1. The average molecular weight is 445 g/mol. The summed E-state index contributed by atoms with van der Waals surface area (Å²) in [5.74, 6) is 0. The average Bonchev–Trinajstić information content (AvgIpc) is 2.81. The van der Waals surface area contributed by atoms with E-state index in [4.69, 9.17) is 0 Å². The van der Waals surface area contributed by atoms with Crippen LogP contribution in [0.25, 0.3) is 0 Å². The molecule has 0 radical (unpaired) electrons. The second-order valence-corrected chi connectivity index (χ2v) is 10.3. The first kappa shape index (κ1) is 29.2. The fraction of sp³-hybridized carbons (Fsp3) is 0.839. The maximum atomic E-state index is 2.43. The first-order chi connectivity index (χ1) is 15.9. The summed E-state index contributed by atoms with van der Waals surface area (Å²) in [5.41, 5.74) is 1.53. The highest BCUT2D eigenvalue weighted by molar-refractivity contribution is 5.05. The van der Waals surface area contributed by atoms with Gasteiger partial charge < -0.3 is 0 Å². The fourth-order valence-electron chi connectivity index (χ4n) is 4.82. The molecule has 1 heterocycles. The van der Waals surface area contributed by atoms with E-state index in [1.165, 1.54) is 160 Å². The molecule has 0 spiro atoms. The first-order valence-electron chi connectivity index (χ1n) is 14.8. The van der Waals surface area contributed by atoms with Crippen molar-refractivity contribution in [1.29, 1.82) is 0 Å². The maximum Gasteiger partial charge on any atom is 0.171 e. The van der Waals surface area contributed by atoms with Crippen LogP contribution in [0.1, 0.15) is 161 Å². The van der Waals surface area contributed by atoms with Crippen molar-refractivity contribution >= 4 is 0 Å². The fourth-order valence-corrected chi connectivity index (χ4v) is 4.82. The smallest absolute Gasteiger partial charge is 0.171 e. The summed E-state index contributed by atoms with van der Waals surface area (Å²) in [6, 6.07) is 4.58. The van der Waals surface area contributed by atoms with E-state index < -0.39 is 0 Å². The molecule has 0 saturated carbocycles. The topological polar surface area (TPSA) is 3.88 Å². The quantitative estimate of drug-likeness (QED) is 0.110. The third kappa shape index (κ3) is 18.7. The zero-order valence-electron chi connectivity index (χ0n) is 22.2. The Morgan fingerprint density at radius 2 is 0.906 bits per heavy atom. The van der Waals surface area contributed by atoms with Crippen molar-refractivity contribution < 1.29 is 4.57 Å². The number of unbranched alkanes of at least 4 members (excludes halogenated alkanes) is 20. The molecule has 186 valence electrons. The van der Waals surface area contributed by atoms with E-state index in [0.29, 0.717) is 0 Å². The zero-order valence-corrected chi connectivity index (χ0v) is 22.2. The second kappa shape index (κ2) is 23.3. The molecule has 1 nitrogen and oxygen atoms in total. The summed E-state index contributed by atoms with van der Waals surface area (Å²) >= 11 is 0. The van der Waals surface area contributed by atoms with Gasteiger partial charge in [-0.25, -0.2) is 4.57 Å². The molecule has 0 aliphatic carbocycles. The summed E-state index contributed by atoms with van der Waals surface area (Å²) in [4.78, 5) is 0. The Morgan fingerprint density at radius 1 is 0.500 bits per heavy atom. The standard InChI is InChI=1S/C31H58N/c1-3-5-7-9-11-13-15-16-17-19-21-23-26-31-27-25-29-32(30-31)28-24-22-20-18-14-12-10-8-6-4-2/h25,27,29-30H,3-24,26,28H2,1-2H3/q+1. The number of rotatable bonds is 24. The number of nitrogens with zero attached hydrogens (tertiary/aromatic N) is 1. The van der Waals surface area contributed by atoms with Gasteiger partial charge in [-0.2, -0.15) is 0 Å². The first-order valence-corrected chi connectivity index (χ1v) is 14.8. The molecule has 1 heteroatoms. The van der Waals surface area contributed by atoms with Crippen LogP contribution < -0.4 is 4.57 Å². The van der Waals surface area contributed by atoms with Gasteiger partial charge in [-0.3, -0.25) is 0 Å². The molecular formula is C31H58N+. The van der Waals surface area contributed by atoms with Gasteiger partial charge in [0.25, 0.3) is 0 Å². The van der Waals surface area contributed by atoms with E-state index in [1.54, 1.807) is 0 Å². The minimum atomic E-state index is 1.20. The molecule has 0 aliphatic rings. The van der Waals surface area contributed by atoms with E-state index in [2.05, 4.69) is 42.9 Å². The monoisotopic (exact) mass is 444 g/mol. The molecule has 0 unspecified atom stereocenters. The van der Waals surface area contributed by atoms with Crippen molar-refractivity contribution in [2.24, 2.45) is 0 Å². The molecule has 0 N–H and O–H groups in total. The van der Waals surface area contributed by atoms with E-state index >= 15 is 0 Å². The Kier molecular flexibility index (Phi) is 21.3. The van der Waals surface area contributed by atoms with Gasteiger partial charge in [-0.05, 0) is 25.3 Å². The Labute approximate surface area is 202 Å². The molecule has 0 amide bonds. The van der Waals surface area contributed by atoms with Crippen molar-refractivity contribution in [3.05, 3.63) is 30.1 Å². The third-order valence-corrected chi connectivity index (χ3v) is 7.01. The number of aryl methyl sites for hydroxylation is 2. The lowest BCUT2D eigenvalue weighted by Crippen LogP contribution is -2.33. The van der Waals surface area contributed by atoms with E-state index in [9.17, 15) is 0 Å². The zero-order chi connectivity index (χ0) is 23.0. The van der Waals surface area contributed by atoms with Gasteiger partial charge in [0.15, 0.2) is 12.4 Å². The van der Waals surface area contributed by atoms with Crippen molar-refractivity contribution in [2.45, 2.75) is 168 Å². The minimum Gasteiger partial charge on any atom is -0.205 e. The van der Waals surface area contributed by atoms with Gasteiger partial charge in [-0.15, -0.1) is 0 Å². The van der Waals surface area contributed by atoms with Crippen LogP contribution in [0.4, 0.5) is 0 Å². The summed E-state index contributed by atoms with van der Waals surface area (Å²) < 4.78 is 2.43. The summed E-state index contributed by atoms with van der Waals surface area (Å²) in [5, 5.41) is 0. The van der Waals surface area contributed by atoms with Gasteiger partial charge in [0.05, 0.1) is 0 Å². The molecule has 1 aromatic rings. The Morgan fingerprint density at radius 3 is 1.38 bits per heavy atom. The highest BCUT2D eigenvalue weighted by atomic mass is 14.9. The molecule has 0 bridgehead atoms. The Balaban J connectivity index is 1.94. The molecule has 0 aromatic carbocycles. The van der Waals surface area contributed by atoms with Gasteiger partial charge in [0, 0.05) is 18.1 Å². The molecule has 0 aliphatic heterocycles. The summed E-state index contributed by atoms with van der Waals surface area (Å²) in [7, 11) is 0. The van der Waals surface area contributed by atoms with Crippen LogP contribution in [0.5, 0.6) is 0 Å². The third-order valence-electron chi connectivity index (χ3n) is 7.01. The maximum absolute atomic E-state index is 2.43. The Hall–Kier alpha value is -0.850. The van der Waals surface area contributed by atoms with Crippen LogP contribution in [0.15, 0.2) is 24.5 Å². The largest absolute Gasteiger partial charge is 0.205 e. The summed E-state index contributed by atoms with van der Waals surface area (Å²) in [6.07, 6.45) is 37.3. The molecule has 0 saturated heterocycles. The van der Waals surface area contributed by atoms with Crippen LogP contribution in [0.2, 0.25) is 0 Å². The SMILES string of the molecule is CCCCCCCCCCCCCCc1ccc[n+](CCCCCCCCCCCC)c1. The van der Waals surface area contributed by atoms with E-state index in [0.717, 1.165) is 0 Å². The highest BCUT2D eigenvalue weighted by Gasteiger charge is 2.03. The van der Waals surface area contributed by atoms with Crippen LogP contribution >= 0.6 is 0 Å². The van der Waals surface area contributed by atoms with Crippen molar-refractivity contribution in [3.8, 4) is 0 Å². The van der Waals surface area contributed by atoms with Crippen molar-refractivity contribution in [1.82, 2.24) is 0 Å². The lowest BCUT2D eigenvalue weighted by atomic mass is 10.0. The number of aromatic nitrogens is 1. The number of hydrogen-bond donors (Lipinski definition) is 0. The Bertz CT molecular complexity index is 495. The summed E-state index contributed by atoms with van der Waals surface area (Å²) in [6.45, 7) is 5.80. The molecule has 0 fully saturated rings. The van der Waals surface area contributed by atoms with E-state index in [1.807, 2.05) is 0 Å². The molecular weight excluding hydrogens is 386 g/mol. The molecule has 1 aromatic heterocycles. The predicted molar refractivity (Wildman–Crippen MR) is 143 cm³/mol. The highest BCUT2D eigenvalue weighted by Crippen LogP contribution is 2.13. The van der Waals surface area contributed by atoms with Crippen molar-refractivity contribution in [3.63, 3.8) is 0 Å². The normalized spacial score (nSPS) is 11.3. The molecule has 1 rings (SSSR count). The lowest BCUT2D eigenvalue weighted by Gasteiger charge is -2.04. The van der Waals surface area contributed by atoms with Crippen LogP contribution in [0.3, 0.4) is 0 Å². The van der Waals surface area contributed by atoms with Gasteiger partial charge >= 0.3 is 0 Å². The lowest BCUT2D eigenvalue weighted by molar-refractivity contribution is -0.697. The van der Waals surface area contributed by atoms with Gasteiger partial charge in [0.2, 0.25) is 0 Å². The van der Waals surface area contributed by atoms with Crippen molar-refractivity contribution in [2.75, 3.05) is 0 Å². The van der Waals surface area contributed by atoms with Crippen LogP contribution in [-0.4, -0.2) is 0 Å². The minimum absolute atomic E-state index is 1.20. The van der Waals surface area contributed by atoms with Gasteiger partial charge in [-0.1, -0.05) is 136 Å². The number of hydrogen-bond acceptors (Lipinski definition) is 0. The van der Waals surface area contributed by atoms with Crippen LogP contribution in [0, 0.1) is 0 Å². The number of pyridine rings is 1. The second-order valence-electron chi connectivity index (χ2n) is 10.3. The molecule has 0 atom stereocenters. The van der Waals surface area contributed by atoms with Gasteiger partial charge in [0.1, 0.15) is 6.54 Å². The molecule has 32 heavy (non-hydrogen) atoms. The van der Waals surface area contributed by atoms with Crippen LogP contribution in [-0.2, 0) is 13.0 Å².